The Labute approximate surface area is 77.1 Å². The number of esters is 1. The number of rotatable bonds is 7. The van der Waals surface area contributed by atoms with Crippen LogP contribution in [0, 0.1) is 0 Å². The predicted molar refractivity (Wildman–Crippen MR) is 46.4 cm³/mol. The zero-order valence-corrected chi connectivity index (χ0v) is 7.71. The minimum absolute atomic E-state index is 0.0541. The number of carbonyl (C=O) groups excluding carboxylic acids is 1. The first-order chi connectivity index (χ1) is 6.16. The summed E-state index contributed by atoms with van der Waals surface area (Å²) >= 11 is 0. The molecule has 0 spiro atoms. The number of hydrogen-bond acceptors (Lipinski definition) is 4. The predicted octanol–water partition coefficient (Wildman–Crippen LogP) is 0.00390. The van der Waals surface area contributed by atoms with E-state index in [0.29, 0.717) is 13.2 Å². The van der Waals surface area contributed by atoms with Crippen molar-refractivity contribution in [2.45, 2.75) is 19.8 Å². The Kier molecular flexibility index (Phi) is 6.91. The van der Waals surface area contributed by atoms with Crippen LogP contribution in [0.3, 0.4) is 0 Å². The van der Waals surface area contributed by atoms with Gasteiger partial charge in [-0.1, -0.05) is 6.92 Å². The van der Waals surface area contributed by atoms with E-state index in [1.807, 2.05) is 6.92 Å². The van der Waals surface area contributed by atoms with Crippen LogP contribution in [0.4, 0.5) is 0 Å². The molecule has 0 aromatic heterocycles. The zero-order chi connectivity index (χ0) is 10.1. The van der Waals surface area contributed by atoms with Gasteiger partial charge in [-0.05, 0) is 6.54 Å². The molecule has 0 aliphatic heterocycles. The summed E-state index contributed by atoms with van der Waals surface area (Å²) in [5, 5.41) is 11.2. The van der Waals surface area contributed by atoms with Gasteiger partial charge < -0.3 is 15.2 Å². The van der Waals surface area contributed by atoms with Gasteiger partial charge in [-0.3, -0.25) is 9.59 Å². The molecule has 0 fully saturated rings. The number of likely N-dealkylation sites (N-methyl/N-ethyl adjacent to an activating group) is 1. The molecular formula is C8H15NO4. The maximum Gasteiger partial charge on any atom is 0.306 e. The van der Waals surface area contributed by atoms with Gasteiger partial charge in [-0.2, -0.15) is 0 Å². The van der Waals surface area contributed by atoms with Crippen molar-refractivity contribution in [1.82, 2.24) is 5.32 Å². The first-order valence-electron chi connectivity index (χ1n) is 4.25. The number of aliphatic carboxylic acids is 1. The summed E-state index contributed by atoms with van der Waals surface area (Å²) in [6, 6.07) is 0. The van der Waals surface area contributed by atoms with E-state index in [0.717, 1.165) is 6.54 Å². The number of ether oxygens (including phenoxy) is 1. The van der Waals surface area contributed by atoms with Crippen LogP contribution in [0.15, 0.2) is 0 Å². The molecule has 0 aliphatic rings. The second-order valence-corrected chi connectivity index (χ2v) is 2.47. The fraction of sp³-hybridized carbons (Fsp3) is 0.750. The van der Waals surface area contributed by atoms with E-state index in [9.17, 15) is 9.59 Å². The van der Waals surface area contributed by atoms with E-state index in [-0.39, 0.29) is 12.8 Å². The maximum atomic E-state index is 10.8. The Hall–Kier alpha value is -1.10. The van der Waals surface area contributed by atoms with Crippen LogP contribution < -0.4 is 5.32 Å². The topological polar surface area (TPSA) is 75.6 Å². The second kappa shape index (κ2) is 7.54. The number of carbonyl (C=O) groups is 2. The van der Waals surface area contributed by atoms with Crippen molar-refractivity contribution >= 4 is 11.9 Å². The van der Waals surface area contributed by atoms with Crippen LogP contribution in [0.5, 0.6) is 0 Å². The third kappa shape index (κ3) is 8.81. The van der Waals surface area contributed by atoms with E-state index in [1.54, 1.807) is 0 Å². The van der Waals surface area contributed by atoms with E-state index >= 15 is 0 Å². The van der Waals surface area contributed by atoms with Gasteiger partial charge in [0.05, 0.1) is 12.8 Å². The highest BCUT2D eigenvalue weighted by Crippen LogP contribution is 1.91. The Balaban J connectivity index is 3.25. The van der Waals surface area contributed by atoms with Crippen molar-refractivity contribution < 1.29 is 19.4 Å². The normalized spacial score (nSPS) is 9.62. The molecule has 0 aliphatic carbocycles. The number of carboxylic acid groups (broad SMARTS) is 1. The summed E-state index contributed by atoms with van der Waals surface area (Å²) in [4.78, 5) is 20.9. The maximum absolute atomic E-state index is 10.8. The van der Waals surface area contributed by atoms with Crippen LogP contribution in [0.25, 0.3) is 0 Å². The molecule has 0 aromatic rings. The third-order valence-corrected chi connectivity index (χ3v) is 1.33. The molecule has 5 nitrogen and oxygen atoms in total. The van der Waals surface area contributed by atoms with Crippen LogP contribution in [-0.4, -0.2) is 36.7 Å². The lowest BCUT2D eigenvalue weighted by Gasteiger charge is -2.03. The highest BCUT2D eigenvalue weighted by molar-refractivity contribution is 5.76. The van der Waals surface area contributed by atoms with Crippen LogP contribution in [0.1, 0.15) is 19.8 Å². The molecule has 5 heteroatoms. The summed E-state index contributed by atoms with van der Waals surface area (Å²) in [6.45, 7) is 3.68. The molecule has 0 radical (unpaired) electrons. The van der Waals surface area contributed by atoms with Gasteiger partial charge in [0.25, 0.3) is 0 Å². The Bertz CT molecular complexity index is 170. The summed E-state index contributed by atoms with van der Waals surface area (Å²) in [7, 11) is 0. The summed E-state index contributed by atoms with van der Waals surface area (Å²) in [6.07, 6.45) is -0.221. The van der Waals surface area contributed by atoms with Gasteiger partial charge in [-0.25, -0.2) is 0 Å². The van der Waals surface area contributed by atoms with Gasteiger partial charge >= 0.3 is 11.9 Å². The molecule has 0 heterocycles. The zero-order valence-electron chi connectivity index (χ0n) is 7.71. The number of hydrogen-bond donors (Lipinski definition) is 2. The average Bonchev–Trinajstić information content (AvgIpc) is 2.09. The van der Waals surface area contributed by atoms with Gasteiger partial charge in [-0.15, -0.1) is 0 Å². The van der Waals surface area contributed by atoms with Crippen LogP contribution in [-0.2, 0) is 14.3 Å². The van der Waals surface area contributed by atoms with Gasteiger partial charge in [0.2, 0.25) is 0 Å². The molecular weight excluding hydrogens is 174 g/mol. The van der Waals surface area contributed by atoms with Crippen molar-refractivity contribution in [3.8, 4) is 0 Å². The molecule has 0 unspecified atom stereocenters. The molecule has 76 valence electrons. The SMILES string of the molecule is CCNCCOC(=O)CCC(=O)O. The Morgan fingerprint density at radius 2 is 2.08 bits per heavy atom. The largest absolute Gasteiger partial charge is 0.481 e. The van der Waals surface area contributed by atoms with Crippen molar-refractivity contribution in [2.24, 2.45) is 0 Å². The lowest BCUT2D eigenvalue weighted by Crippen LogP contribution is -2.21. The van der Waals surface area contributed by atoms with Crippen LogP contribution >= 0.6 is 0 Å². The summed E-state index contributed by atoms with van der Waals surface area (Å²) < 4.78 is 4.73. The molecule has 13 heavy (non-hydrogen) atoms. The highest BCUT2D eigenvalue weighted by Gasteiger charge is 2.05. The molecule has 2 N–H and O–H groups in total. The monoisotopic (exact) mass is 189 g/mol. The minimum Gasteiger partial charge on any atom is -0.481 e. The summed E-state index contributed by atoms with van der Waals surface area (Å²) in [5.41, 5.74) is 0. The van der Waals surface area contributed by atoms with Gasteiger partial charge in [0.15, 0.2) is 0 Å². The molecule has 0 bridgehead atoms. The lowest BCUT2D eigenvalue weighted by molar-refractivity contribution is -0.147. The van der Waals surface area contributed by atoms with E-state index in [4.69, 9.17) is 9.84 Å². The standard InChI is InChI=1S/C8H15NO4/c1-2-9-5-6-13-8(12)4-3-7(10)11/h9H,2-6H2,1H3,(H,10,11). The fourth-order valence-corrected chi connectivity index (χ4v) is 0.695. The second-order valence-electron chi connectivity index (χ2n) is 2.47. The molecule has 0 aromatic carbocycles. The molecule has 0 rings (SSSR count). The molecule has 0 amide bonds. The average molecular weight is 189 g/mol. The van der Waals surface area contributed by atoms with E-state index < -0.39 is 11.9 Å². The van der Waals surface area contributed by atoms with Crippen LogP contribution in [0.2, 0.25) is 0 Å². The smallest absolute Gasteiger partial charge is 0.306 e. The molecule has 0 saturated heterocycles. The van der Waals surface area contributed by atoms with Crippen molar-refractivity contribution in [2.75, 3.05) is 19.7 Å². The van der Waals surface area contributed by atoms with Gasteiger partial charge in [0, 0.05) is 6.54 Å². The summed E-state index contributed by atoms with van der Waals surface area (Å²) in [5.74, 6) is -1.44. The fourth-order valence-electron chi connectivity index (χ4n) is 0.695. The van der Waals surface area contributed by atoms with Crippen molar-refractivity contribution in [1.29, 1.82) is 0 Å². The Morgan fingerprint density at radius 1 is 1.38 bits per heavy atom. The van der Waals surface area contributed by atoms with Crippen molar-refractivity contribution in [3.05, 3.63) is 0 Å². The lowest BCUT2D eigenvalue weighted by atomic mass is 10.3. The minimum atomic E-state index is -0.983. The first kappa shape index (κ1) is 11.9. The number of carboxylic acids is 1. The number of nitrogens with one attached hydrogen (secondary N) is 1. The van der Waals surface area contributed by atoms with E-state index in [1.165, 1.54) is 0 Å². The molecule has 0 saturated carbocycles. The first-order valence-corrected chi connectivity index (χ1v) is 4.25. The van der Waals surface area contributed by atoms with Gasteiger partial charge in [0.1, 0.15) is 6.61 Å². The van der Waals surface area contributed by atoms with Crippen molar-refractivity contribution in [3.63, 3.8) is 0 Å². The highest BCUT2D eigenvalue weighted by atomic mass is 16.5. The molecule has 0 atom stereocenters. The third-order valence-electron chi connectivity index (χ3n) is 1.33. The van der Waals surface area contributed by atoms with E-state index in [2.05, 4.69) is 5.32 Å². The quantitative estimate of drug-likeness (QED) is 0.435. The Morgan fingerprint density at radius 3 is 2.62 bits per heavy atom.